The summed E-state index contributed by atoms with van der Waals surface area (Å²) in [5.74, 6) is 0.162. The summed E-state index contributed by atoms with van der Waals surface area (Å²) < 4.78 is 11.2. The molecule has 0 saturated heterocycles. The normalized spacial score (nSPS) is 10.7. The lowest BCUT2D eigenvalue weighted by molar-refractivity contribution is 0.0697. The quantitative estimate of drug-likeness (QED) is 0.400. The average molecular weight is 411 g/mol. The summed E-state index contributed by atoms with van der Waals surface area (Å²) in [4.78, 5) is 11.0. The summed E-state index contributed by atoms with van der Waals surface area (Å²) in [7, 11) is 1.56. The van der Waals surface area contributed by atoms with Gasteiger partial charge in [0.2, 0.25) is 0 Å². The maximum absolute atomic E-state index is 11.0. The fourth-order valence-electron chi connectivity index (χ4n) is 2.56. The van der Waals surface area contributed by atoms with E-state index in [9.17, 15) is 4.79 Å². The number of anilines is 1. The zero-order valence-electron chi connectivity index (χ0n) is 15.6. The Labute approximate surface area is 173 Å². The monoisotopic (exact) mass is 410 g/mol. The molecular weight excluding hydrogens is 392 g/mol. The van der Waals surface area contributed by atoms with E-state index in [1.165, 1.54) is 12.1 Å². The number of hydrogen-bond donors (Lipinski definition) is 2. The van der Waals surface area contributed by atoms with Gasteiger partial charge in [0, 0.05) is 10.6 Å². The zero-order valence-corrected chi connectivity index (χ0v) is 16.4. The Morgan fingerprint density at radius 3 is 2.69 bits per heavy atom. The molecule has 2 N–H and O–H groups in total. The third-order valence-corrected chi connectivity index (χ3v) is 4.41. The third-order valence-electron chi connectivity index (χ3n) is 4.05. The van der Waals surface area contributed by atoms with E-state index in [1.807, 2.05) is 30.3 Å². The molecule has 0 fully saturated rings. The second-order valence-electron chi connectivity index (χ2n) is 6.05. The van der Waals surface area contributed by atoms with Crippen molar-refractivity contribution < 1.29 is 19.4 Å². The summed E-state index contributed by atoms with van der Waals surface area (Å²) >= 11 is 6.16. The zero-order chi connectivity index (χ0) is 20.6. The molecule has 0 atom stereocenters. The van der Waals surface area contributed by atoms with Gasteiger partial charge in [0.15, 0.2) is 11.5 Å². The molecule has 0 spiro atoms. The van der Waals surface area contributed by atoms with E-state index in [4.69, 9.17) is 26.2 Å². The first-order valence-corrected chi connectivity index (χ1v) is 9.11. The number of ether oxygens (including phenoxy) is 2. The summed E-state index contributed by atoms with van der Waals surface area (Å²) in [6.45, 7) is 0.324. The Morgan fingerprint density at radius 1 is 1.10 bits per heavy atom. The molecule has 148 valence electrons. The maximum atomic E-state index is 11.0. The lowest BCUT2D eigenvalue weighted by atomic mass is 10.2. The fraction of sp³-hybridized carbons (Fsp3) is 0.0909. The van der Waals surface area contributed by atoms with Crippen molar-refractivity contribution in [2.75, 3.05) is 12.5 Å². The van der Waals surface area contributed by atoms with Gasteiger partial charge >= 0.3 is 5.97 Å². The van der Waals surface area contributed by atoms with Crippen LogP contribution in [0, 0.1) is 0 Å². The predicted molar refractivity (Wildman–Crippen MR) is 113 cm³/mol. The number of rotatable bonds is 8. The van der Waals surface area contributed by atoms with Crippen LogP contribution < -0.4 is 14.9 Å². The highest BCUT2D eigenvalue weighted by molar-refractivity contribution is 6.31. The van der Waals surface area contributed by atoms with Crippen LogP contribution in [0.3, 0.4) is 0 Å². The molecule has 0 saturated carbocycles. The number of methoxy groups -OCH3 is 1. The largest absolute Gasteiger partial charge is 0.493 e. The topological polar surface area (TPSA) is 80.2 Å². The van der Waals surface area contributed by atoms with Crippen molar-refractivity contribution in [3.05, 3.63) is 88.4 Å². The molecule has 29 heavy (non-hydrogen) atoms. The van der Waals surface area contributed by atoms with Gasteiger partial charge in [-0.15, -0.1) is 0 Å². The predicted octanol–water partition coefficient (Wildman–Crippen LogP) is 5.07. The second kappa shape index (κ2) is 9.61. The van der Waals surface area contributed by atoms with E-state index >= 15 is 0 Å². The highest BCUT2D eigenvalue weighted by atomic mass is 35.5. The van der Waals surface area contributed by atoms with Crippen LogP contribution in [0.5, 0.6) is 11.5 Å². The molecule has 3 aromatic rings. The molecular formula is C22H19ClN2O4. The number of hydrazone groups is 1. The number of nitrogens with one attached hydrogen (secondary N) is 1. The first-order valence-electron chi connectivity index (χ1n) is 8.73. The van der Waals surface area contributed by atoms with E-state index in [2.05, 4.69) is 10.5 Å². The van der Waals surface area contributed by atoms with Gasteiger partial charge in [-0.2, -0.15) is 5.10 Å². The molecule has 6 nitrogen and oxygen atoms in total. The number of benzene rings is 3. The maximum Gasteiger partial charge on any atom is 0.335 e. The lowest BCUT2D eigenvalue weighted by Crippen LogP contribution is -1.99. The van der Waals surface area contributed by atoms with Gasteiger partial charge in [-0.3, -0.25) is 5.43 Å². The molecule has 0 heterocycles. The number of carbonyl (C=O) groups is 1. The number of nitrogens with zero attached hydrogens (tertiary/aromatic N) is 1. The number of halogens is 1. The first kappa shape index (κ1) is 20.2. The van der Waals surface area contributed by atoms with Crippen molar-refractivity contribution in [3.8, 4) is 11.5 Å². The molecule has 0 radical (unpaired) electrons. The molecule has 0 aliphatic rings. The average Bonchev–Trinajstić information content (AvgIpc) is 2.74. The molecule has 0 aliphatic heterocycles. The highest BCUT2D eigenvalue weighted by Gasteiger charge is 2.07. The van der Waals surface area contributed by atoms with Gasteiger partial charge in [0.05, 0.1) is 24.6 Å². The van der Waals surface area contributed by atoms with E-state index in [0.717, 1.165) is 11.1 Å². The Kier molecular flexibility index (Phi) is 6.71. The minimum Gasteiger partial charge on any atom is -0.493 e. The molecule has 7 heteroatoms. The van der Waals surface area contributed by atoms with Crippen molar-refractivity contribution in [2.45, 2.75) is 6.61 Å². The molecule has 3 rings (SSSR count). The van der Waals surface area contributed by atoms with Crippen LogP contribution in [-0.2, 0) is 6.61 Å². The summed E-state index contributed by atoms with van der Waals surface area (Å²) in [5, 5.41) is 13.8. The van der Waals surface area contributed by atoms with Crippen LogP contribution in [0.4, 0.5) is 5.69 Å². The van der Waals surface area contributed by atoms with E-state index in [0.29, 0.717) is 28.8 Å². The molecule has 0 aliphatic carbocycles. The Bertz CT molecular complexity index is 1040. The van der Waals surface area contributed by atoms with Crippen molar-refractivity contribution in [3.63, 3.8) is 0 Å². The summed E-state index contributed by atoms with van der Waals surface area (Å²) in [5.41, 5.74) is 5.25. The van der Waals surface area contributed by atoms with Crippen LogP contribution in [-0.4, -0.2) is 24.4 Å². The molecule has 0 amide bonds. The third kappa shape index (κ3) is 5.49. The smallest absolute Gasteiger partial charge is 0.335 e. The van der Waals surface area contributed by atoms with Crippen LogP contribution in [0.2, 0.25) is 5.02 Å². The number of carboxylic acid groups (broad SMARTS) is 1. The first-order chi connectivity index (χ1) is 14.1. The van der Waals surface area contributed by atoms with Crippen molar-refractivity contribution in [2.24, 2.45) is 5.10 Å². The number of aromatic carboxylic acids is 1. The molecule has 3 aromatic carbocycles. The summed E-state index contributed by atoms with van der Waals surface area (Å²) in [6.07, 6.45) is 1.60. The van der Waals surface area contributed by atoms with Crippen molar-refractivity contribution >= 4 is 29.5 Å². The van der Waals surface area contributed by atoms with Gasteiger partial charge < -0.3 is 14.6 Å². The van der Waals surface area contributed by atoms with Gasteiger partial charge in [-0.05, 0) is 48.0 Å². The van der Waals surface area contributed by atoms with E-state index in [-0.39, 0.29) is 5.56 Å². The minimum absolute atomic E-state index is 0.187. The Hall–Kier alpha value is -3.51. The number of carboxylic acids is 1. The van der Waals surface area contributed by atoms with Crippen LogP contribution in [0.15, 0.2) is 71.8 Å². The Morgan fingerprint density at radius 2 is 1.93 bits per heavy atom. The van der Waals surface area contributed by atoms with Crippen molar-refractivity contribution in [1.29, 1.82) is 0 Å². The second-order valence-corrected chi connectivity index (χ2v) is 6.45. The van der Waals surface area contributed by atoms with Gasteiger partial charge in [0.25, 0.3) is 0 Å². The van der Waals surface area contributed by atoms with Gasteiger partial charge in [-0.25, -0.2) is 4.79 Å². The molecule has 0 aromatic heterocycles. The van der Waals surface area contributed by atoms with Crippen LogP contribution in [0.25, 0.3) is 0 Å². The minimum atomic E-state index is -0.991. The van der Waals surface area contributed by atoms with E-state index < -0.39 is 5.97 Å². The molecule has 0 bridgehead atoms. The fourth-order valence-corrected chi connectivity index (χ4v) is 2.75. The summed E-state index contributed by atoms with van der Waals surface area (Å²) in [6, 6.07) is 19.3. The highest BCUT2D eigenvalue weighted by Crippen LogP contribution is 2.29. The molecule has 0 unspecified atom stereocenters. The lowest BCUT2D eigenvalue weighted by Gasteiger charge is -2.12. The SMILES string of the molecule is COc1cc(C=NNc2cccc(C(=O)O)c2)ccc1OCc1ccccc1Cl. The van der Waals surface area contributed by atoms with Crippen molar-refractivity contribution in [1.82, 2.24) is 0 Å². The van der Waals surface area contributed by atoms with Crippen LogP contribution >= 0.6 is 11.6 Å². The van der Waals surface area contributed by atoms with Gasteiger partial charge in [-0.1, -0.05) is 35.9 Å². The van der Waals surface area contributed by atoms with Crippen LogP contribution in [0.1, 0.15) is 21.5 Å². The van der Waals surface area contributed by atoms with Gasteiger partial charge in [0.1, 0.15) is 6.61 Å². The Balaban J connectivity index is 1.66. The number of hydrogen-bond acceptors (Lipinski definition) is 5. The standard InChI is InChI=1S/C22H19ClN2O4/c1-28-21-11-15(13-24-25-18-7-4-6-16(12-18)22(26)27)9-10-20(21)29-14-17-5-2-3-8-19(17)23/h2-13,25H,14H2,1H3,(H,26,27). The van der Waals surface area contributed by atoms with E-state index in [1.54, 1.807) is 37.6 Å².